The Morgan fingerprint density at radius 1 is 0.710 bits per heavy atom. The Labute approximate surface area is 184 Å². The number of rotatable bonds is 10. The summed E-state index contributed by atoms with van der Waals surface area (Å²) in [5.41, 5.74) is 0.813. The van der Waals surface area contributed by atoms with Crippen LogP contribution >= 0.6 is 11.8 Å². The van der Waals surface area contributed by atoms with E-state index in [0.717, 1.165) is 0 Å². The van der Waals surface area contributed by atoms with Crippen molar-refractivity contribution in [1.29, 1.82) is 0 Å². The normalized spacial score (nSPS) is 12.2. The predicted molar refractivity (Wildman–Crippen MR) is 117 cm³/mol. The molecule has 2 aromatic rings. The zero-order chi connectivity index (χ0) is 22.6. The van der Waals surface area contributed by atoms with Gasteiger partial charge in [0.2, 0.25) is 0 Å². The molecule has 0 spiro atoms. The summed E-state index contributed by atoms with van der Waals surface area (Å²) in [5.74, 6) is -1.78. The third kappa shape index (κ3) is 7.45. The minimum atomic E-state index is -0.925. The van der Waals surface area contributed by atoms with Crippen LogP contribution in [0.5, 0.6) is 0 Å². The molecule has 2 rings (SSSR count). The summed E-state index contributed by atoms with van der Waals surface area (Å²) in [4.78, 5) is 48.9. The number of esters is 2. The Hall–Kier alpha value is -3.33. The van der Waals surface area contributed by atoms with E-state index < -0.39 is 35.8 Å². The van der Waals surface area contributed by atoms with Crippen molar-refractivity contribution in [2.75, 3.05) is 25.7 Å². The number of hydrogen-bond donors (Lipinski definition) is 2. The summed E-state index contributed by atoms with van der Waals surface area (Å²) in [6.07, 6.45) is 0. The van der Waals surface area contributed by atoms with Crippen LogP contribution in [-0.2, 0) is 19.1 Å². The van der Waals surface area contributed by atoms with Gasteiger partial charge in [-0.25, -0.2) is 9.59 Å². The standard InChI is InChI=1S/C22H24N2O6S/c1-29-21(27)17(23-19(25)15-9-5-3-6-10-15)13-31-14-18(22(28)30-2)24-20(26)16-11-7-4-8-12-16/h3-12,17-18H,13-14H2,1-2H3,(H,23,25)(H,24,26). The molecule has 164 valence electrons. The van der Waals surface area contributed by atoms with Gasteiger partial charge in [0.15, 0.2) is 0 Å². The summed E-state index contributed by atoms with van der Waals surface area (Å²) >= 11 is 1.20. The first kappa shape index (κ1) is 23.9. The van der Waals surface area contributed by atoms with E-state index >= 15 is 0 Å². The van der Waals surface area contributed by atoms with Gasteiger partial charge < -0.3 is 20.1 Å². The number of nitrogens with one attached hydrogen (secondary N) is 2. The van der Waals surface area contributed by atoms with Crippen molar-refractivity contribution >= 4 is 35.5 Å². The smallest absolute Gasteiger partial charge is 0.329 e. The summed E-state index contributed by atoms with van der Waals surface area (Å²) in [5, 5.41) is 5.26. The van der Waals surface area contributed by atoms with Crippen LogP contribution in [0.2, 0.25) is 0 Å². The Balaban J connectivity index is 1.98. The van der Waals surface area contributed by atoms with Crippen LogP contribution in [-0.4, -0.2) is 61.6 Å². The molecule has 2 unspecified atom stereocenters. The molecule has 0 saturated carbocycles. The number of amides is 2. The second-order valence-electron chi connectivity index (χ2n) is 6.37. The van der Waals surface area contributed by atoms with Crippen LogP contribution in [0.25, 0.3) is 0 Å². The van der Waals surface area contributed by atoms with Gasteiger partial charge in [0.25, 0.3) is 11.8 Å². The molecular weight excluding hydrogens is 420 g/mol. The van der Waals surface area contributed by atoms with Gasteiger partial charge >= 0.3 is 11.9 Å². The summed E-state index contributed by atoms with van der Waals surface area (Å²) in [6.45, 7) is 0. The number of methoxy groups -OCH3 is 2. The number of benzene rings is 2. The lowest BCUT2D eigenvalue weighted by Gasteiger charge is -2.19. The highest BCUT2D eigenvalue weighted by molar-refractivity contribution is 7.99. The van der Waals surface area contributed by atoms with E-state index in [1.54, 1.807) is 60.7 Å². The fourth-order valence-corrected chi connectivity index (χ4v) is 3.63. The predicted octanol–water partition coefficient (Wildman–Crippen LogP) is 1.66. The molecule has 8 nitrogen and oxygen atoms in total. The molecule has 0 aliphatic rings. The first-order chi connectivity index (χ1) is 15.0. The van der Waals surface area contributed by atoms with E-state index in [1.165, 1.54) is 26.0 Å². The molecule has 0 aliphatic heterocycles. The van der Waals surface area contributed by atoms with E-state index in [9.17, 15) is 19.2 Å². The molecule has 2 N–H and O–H groups in total. The Kier molecular flexibility index (Phi) is 9.57. The van der Waals surface area contributed by atoms with Gasteiger partial charge in [0.05, 0.1) is 14.2 Å². The van der Waals surface area contributed by atoms with Crippen molar-refractivity contribution in [3.63, 3.8) is 0 Å². The van der Waals surface area contributed by atoms with E-state index in [2.05, 4.69) is 10.6 Å². The number of carbonyl (C=O) groups is 4. The van der Waals surface area contributed by atoms with Gasteiger partial charge in [0, 0.05) is 22.6 Å². The van der Waals surface area contributed by atoms with Crippen LogP contribution in [0, 0.1) is 0 Å². The number of ether oxygens (including phenoxy) is 2. The van der Waals surface area contributed by atoms with Gasteiger partial charge in [-0.2, -0.15) is 11.8 Å². The molecule has 9 heteroatoms. The summed E-state index contributed by atoms with van der Waals surface area (Å²) in [6, 6.07) is 15.1. The molecular formula is C22H24N2O6S. The number of carbonyl (C=O) groups excluding carboxylic acids is 4. The van der Waals surface area contributed by atoms with Crippen molar-refractivity contribution in [1.82, 2.24) is 10.6 Å². The molecule has 0 saturated heterocycles. The van der Waals surface area contributed by atoms with E-state index in [1.807, 2.05) is 0 Å². The monoisotopic (exact) mass is 444 g/mol. The zero-order valence-corrected chi connectivity index (χ0v) is 18.0. The quantitative estimate of drug-likeness (QED) is 0.536. The van der Waals surface area contributed by atoms with Gasteiger partial charge in [-0.15, -0.1) is 0 Å². The van der Waals surface area contributed by atoms with Crippen LogP contribution in [0.4, 0.5) is 0 Å². The molecule has 0 fully saturated rings. The topological polar surface area (TPSA) is 111 Å². The van der Waals surface area contributed by atoms with E-state index in [0.29, 0.717) is 11.1 Å². The van der Waals surface area contributed by atoms with Crippen molar-refractivity contribution in [2.45, 2.75) is 12.1 Å². The first-order valence-electron chi connectivity index (χ1n) is 9.41. The third-order valence-electron chi connectivity index (χ3n) is 4.22. The summed E-state index contributed by atoms with van der Waals surface area (Å²) in [7, 11) is 2.46. The van der Waals surface area contributed by atoms with E-state index in [-0.39, 0.29) is 11.5 Å². The maximum atomic E-state index is 12.4. The minimum absolute atomic E-state index is 0.139. The maximum absolute atomic E-state index is 12.4. The second-order valence-corrected chi connectivity index (χ2v) is 7.44. The highest BCUT2D eigenvalue weighted by Gasteiger charge is 2.26. The molecule has 0 aliphatic carbocycles. The largest absolute Gasteiger partial charge is 0.467 e. The van der Waals surface area contributed by atoms with Crippen LogP contribution in [0.15, 0.2) is 60.7 Å². The van der Waals surface area contributed by atoms with Crippen molar-refractivity contribution < 1.29 is 28.7 Å². The summed E-state index contributed by atoms with van der Waals surface area (Å²) < 4.78 is 9.54. The second kappa shape index (κ2) is 12.4. The average molecular weight is 445 g/mol. The molecule has 2 amide bonds. The number of thioether (sulfide) groups is 1. The SMILES string of the molecule is COC(=O)C(CSCC(NC(=O)c1ccccc1)C(=O)OC)NC(=O)c1ccccc1. The highest BCUT2D eigenvalue weighted by Crippen LogP contribution is 2.10. The van der Waals surface area contributed by atoms with Gasteiger partial charge in [0.1, 0.15) is 12.1 Å². The lowest BCUT2D eigenvalue weighted by molar-refractivity contribution is -0.142. The Morgan fingerprint density at radius 2 is 1.06 bits per heavy atom. The molecule has 0 bridgehead atoms. The van der Waals surface area contributed by atoms with Gasteiger partial charge in [-0.3, -0.25) is 9.59 Å². The first-order valence-corrected chi connectivity index (χ1v) is 10.6. The molecule has 31 heavy (non-hydrogen) atoms. The van der Waals surface area contributed by atoms with Crippen molar-refractivity contribution in [3.8, 4) is 0 Å². The molecule has 0 radical (unpaired) electrons. The lowest BCUT2D eigenvalue weighted by Crippen LogP contribution is -2.45. The van der Waals surface area contributed by atoms with Crippen LogP contribution in [0.1, 0.15) is 20.7 Å². The van der Waals surface area contributed by atoms with E-state index in [4.69, 9.17) is 9.47 Å². The Bertz CT molecular complexity index is 818. The highest BCUT2D eigenvalue weighted by atomic mass is 32.2. The molecule has 2 aromatic carbocycles. The van der Waals surface area contributed by atoms with Crippen molar-refractivity contribution in [2.24, 2.45) is 0 Å². The van der Waals surface area contributed by atoms with Crippen LogP contribution < -0.4 is 10.6 Å². The van der Waals surface area contributed by atoms with Crippen LogP contribution in [0.3, 0.4) is 0 Å². The average Bonchev–Trinajstić information content (AvgIpc) is 2.82. The number of hydrogen-bond acceptors (Lipinski definition) is 7. The molecule has 0 heterocycles. The lowest BCUT2D eigenvalue weighted by atomic mass is 10.2. The van der Waals surface area contributed by atoms with Gasteiger partial charge in [-0.1, -0.05) is 36.4 Å². The fourth-order valence-electron chi connectivity index (χ4n) is 2.59. The minimum Gasteiger partial charge on any atom is -0.467 e. The fraction of sp³-hybridized carbons (Fsp3) is 0.273. The van der Waals surface area contributed by atoms with Gasteiger partial charge in [-0.05, 0) is 24.3 Å². The maximum Gasteiger partial charge on any atom is 0.329 e. The third-order valence-corrected chi connectivity index (χ3v) is 5.36. The van der Waals surface area contributed by atoms with Crippen molar-refractivity contribution in [3.05, 3.63) is 71.8 Å². The molecule has 0 aromatic heterocycles. The zero-order valence-electron chi connectivity index (χ0n) is 17.2. The molecule has 2 atom stereocenters. The Morgan fingerprint density at radius 3 is 1.39 bits per heavy atom.